The first-order chi connectivity index (χ1) is 16.0. The molecule has 5 rings (SSSR count). The van der Waals surface area contributed by atoms with Crippen LogP contribution in [-0.4, -0.2) is 22.3 Å². The molecule has 0 aliphatic carbocycles. The number of nitrogens with zero attached hydrogens (tertiary/aromatic N) is 2. The highest BCUT2D eigenvalue weighted by molar-refractivity contribution is 7.98. The number of fused-ring (bicyclic) bond motifs is 3. The monoisotopic (exact) mass is 478 g/mol. The van der Waals surface area contributed by atoms with Gasteiger partial charge >= 0.3 is 0 Å². The molecule has 33 heavy (non-hydrogen) atoms. The van der Waals surface area contributed by atoms with Crippen LogP contribution in [0.1, 0.15) is 36.3 Å². The highest BCUT2D eigenvalue weighted by Gasteiger charge is 2.33. The largest absolute Gasteiger partial charge is 0.497 e. The Bertz CT molecular complexity index is 1350. The minimum absolute atomic E-state index is 0.0152. The van der Waals surface area contributed by atoms with E-state index in [1.165, 1.54) is 5.56 Å². The number of thiophene rings is 1. The summed E-state index contributed by atoms with van der Waals surface area (Å²) < 4.78 is 13.2. The van der Waals surface area contributed by atoms with Crippen molar-refractivity contribution >= 4 is 33.3 Å². The van der Waals surface area contributed by atoms with Crippen molar-refractivity contribution in [1.82, 2.24) is 9.55 Å². The molecule has 1 aliphatic heterocycles. The van der Waals surface area contributed by atoms with Gasteiger partial charge in [0.2, 0.25) is 0 Å². The zero-order valence-corrected chi connectivity index (χ0v) is 20.6. The predicted octanol–water partition coefficient (Wildman–Crippen LogP) is 5.99. The fourth-order valence-electron chi connectivity index (χ4n) is 4.11. The summed E-state index contributed by atoms with van der Waals surface area (Å²) in [6, 6.07) is 17.8. The number of rotatable bonds is 6. The highest BCUT2D eigenvalue weighted by Crippen LogP contribution is 2.39. The van der Waals surface area contributed by atoms with Crippen LogP contribution in [0.5, 0.6) is 5.75 Å². The molecule has 0 bridgehead atoms. The van der Waals surface area contributed by atoms with Crippen LogP contribution in [-0.2, 0) is 23.5 Å². The van der Waals surface area contributed by atoms with Crippen LogP contribution < -0.4 is 10.3 Å². The predicted molar refractivity (Wildman–Crippen MR) is 135 cm³/mol. The normalized spacial score (nSPS) is 17.8. The van der Waals surface area contributed by atoms with E-state index >= 15 is 0 Å². The first-order valence-corrected chi connectivity index (χ1v) is 12.8. The highest BCUT2D eigenvalue weighted by atomic mass is 32.2. The molecule has 0 saturated carbocycles. The van der Waals surface area contributed by atoms with Crippen molar-refractivity contribution in [2.45, 2.75) is 49.8 Å². The van der Waals surface area contributed by atoms with Crippen molar-refractivity contribution in [2.75, 3.05) is 7.11 Å². The summed E-state index contributed by atoms with van der Waals surface area (Å²) in [5, 5.41) is 1.43. The van der Waals surface area contributed by atoms with E-state index in [1.54, 1.807) is 34.8 Å². The first kappa shape index (κ1) is 22.2. The molecule has 2 aromatic heterocycles. The molecule has 0 unspecified atom stereocenters. The zero-order valence-electron chi connectivity index (χ0n) is 19.0. The number of benzene rings is 2. The maximum absolute atomic E-state index is 14.0. The average molecular weight is 479 g/mol. The van der Waals surface area contributed by atoms with Crippen molar-refractivity contribution < 1.29 is 9.47 Å². The van der Waals surface area contributed by atoms with Crippen molar-refractivity contribution in [3.8, 4) is 11.4 Å². The molecule has 0 amide bonds. The summed E-state index contributed by atoms with van der Waals surface area (Å²) >= 11 is 3.17. The summed E-state index contributed by atoms with van der Waals surface area (Å²) in [6.45, 7) is 4.79. The van der Waals surface area contributed by atoms with E-state index in [0.29, 0.717) is 11.8 Å². The summed E-state index contributed by atoms with van der Waals surface area (Å²) in [7, 11) is 1.64. The quantitative estimate of drug-likeness (QED) is 0.252. The second-order valence-corrected chi connectivity index (χ2v) is 10.5. The molecule has 0 spiro atoms. The molecular weight excluding hydrogens is 452 g/mol. The van der Waals surface area contributed by atoms with Crippen LogP contribution in [0, 0.1) is 0 Å². The van der Waals surface area contributed by atoms with Crippen LogP contribution in [0.3, 0.4) is 0 Å². The van der Waals surface area contributed by atoms with E-state index in [-0.39, 0.29) is 11.2 Å². The molecule has 2 aromatic carbocycles. The molecule has 170 valence electrons. The smallest absolute Gasteiger partial charge is 0.267 e. The summed E-state index contributed by atoms with van der Waals surface area (Å²) in [5.74, 6) is 1.49. The third kappa shape index (κ3) is 4.21. The molecule has 0 radical (unpaired) electrons. The maximum atomic E-state index is 14.0. The lowest BCUT2D eigenvalue weighted by atomic mass is 9.90. The van der Waals surface area contributed by atoms with Crippen molar-refractivity contribution in [3.63, 3.8) is 0 Å². The zero-order chi connectivity index (χ0) is 23.0. The Morgan fingerprint density at radius 1 is 1.18 bits per heavy atom. The molecule has 0 fully saturated rings. The Balaban J connectivity index is 1.66. The number of aromatic nitrogens is 2. The number of ether oxygens (including phenoxy) is 2. The van der Waals surface area contributed by atoms with Crippen molar-refractivity contribution in [1.29, 1.82) is 0 Å². The Labute approximate surface area is 201 Å². The van der Waals surface area contributed by atoms with Gasteiger partial charge < -0.3 is 9.47 Å². The van der Waals surface area contributed by atoms with Crippen LogP contribution >= 0.6 is 23.1 Å². The van der Waals surface area contributed by atoms with Gasteiger partial charge in [-0.15, -0.1) is 11.3 Å². The fraction of sp³-hybridized carbons (Fsp3) is 0.308. The van der Waals surface area contributed by atoms with Crippen LogP contribution in [0.15, 0.2) is 64.5 Å². The standard InChI is InChI=1S/C26H26N2O3S2/c1-4-26(2)14-20-21(15-31-26)33-23-22(20)24(29)28(18-10-12-19(30-3)13-11-18)25(27-23)32-16-17-8-6-5-7-9-17/h5-13H,4,14-16H2,1-3H3/t26-/m1/s1. The lowest BCUT2D eigenvalue weighted by molar-refractivity contribution is -0.0543. The molecule has 0 saturated heterocycles. The number of hydrogen-bond donors (Lipinski definition) is 0. The molecule has 0 N–H and O–H groups in total. The van der Waals surface area contributed by atoms with E-state index in [4.69, 9.17) is 14.5 Å². The Kier molecular flexibility index (Phi) is 6.03. The summed E-state index contributed by atoms with van der Waals surface area (Å²) in [6.07, 6.45) is 1.63. The van der Waals surface area contributed by atoms with Gasteiger partial charge in [-0.1, -0.05) is 49.0 Å². The molecule has 7 heteroatoms. The van der Waals surface area contributed by atoms with E-state index in [9.17, 15) is 4.79 Å². The average Bonchev–Trinajstić information content (AvgIpc) is 3.21. The second-order valence-electron chi connectivity index (χ2n) is 8.46. The van der Waals surface area contributed by atoms with Crippen molar-refractivity contribution in [3.05, 3.63) is 81.0 Å². The van der Waals surface area contributed by atoms with Gasteiger partial charge in [-0.05, 0) is 48.7 Å². The molecule has 5 nitrogen and oxygen atoms in total. The van der Waals surface area contributed by atoms with E-state index in [1.807, 2.05) is 42.5 Å². The van der Waals surface area contributed by atoms with Gasteiger partial charge in [0.05, 0.1) is 30.4 Å². The minimum atomic E-state index is -0.251. The number of hydrogen-bond acceptors (Lipinski definition) is 6. The number of methoxy groups -OCH3 is 1. The Hall–Kier alpha value is -2.61. The summed E-state index contributed by atoms with van der Waals surface area (Å²) in [5.41, 5.74) is 2.81. The van der Waals surface area contributed by atoms with Crippen LogP contribution in [0.4, 0.5) is 0 Å². The van der Waals surface area contributed by atoms with Crippen LogP contribution in [0.2, 0.25) is 0 Å². The van der Waals surface area contributed by atoms with Gasteiger partial charge in [0.25, 0.3) is 5.56 Å². The topological polar surface area (TPSA) is 53.4 Å². The summed E-state index contributed by atoms with van der Waals surface area (Å²) in [4.78, 5) is 20.9. The lowest BCUT2D eigenvalue weighted by Gasteiger charge is -2.32. The Morgan fingerprint density at radius 3 is 2.64 bits per heavy atom. The molecular formula is C26H26N2O3S2. The third-order valence-corrected chi connectivity index (χ3v) is 8.38. The van der Waals surface area contributed by atoms with Gasteiger partial charge in [-0.3, -0.25) is 9.36 Å². The molecule has 1 aliphatic rings. The van der Waals surface area contributed by atoms with Gasteiger partial charge in [0.1, 0.15) is 10.6 Å². The van der Waals surface area contributed by atoms with Gasteiger partial charge in [-0.2, -0.15) is 0 Å². The SMILES string of the molecule is CC[C@]1(C)Cc2c(sc3nc(SCc4ccccc4)n(-c4ccc(OC)cc4)c(=O)c23)CO1. The van der Waals surface area contributed by atoms with Gasteiger partial charge in [0, 0.05) is 17.1 Å². The van der Waals surface area contributed by atoms with E-state index < -0.39 is 0 Å². The van der Waals surface area contributed by atoms with Crippen molar-refractivity contribution in [2.24, 2.45) is 0 Å². The van der Waals surface area contributed by atoms with E-state index in [2.05, 4.69) is 26.0 Å². The second kappa shape index (κ2) is 8.97. The molecule has 4 aromatic rings. The third-order valence-electron chi connectivity index (χ3n) is 6.27. The van der Waals surface area contributed by atoms with Crippen LogP contribution in [0.25, 0.3) is 15.9 Å². The number of thioether (sulfide) groups is 1. The fourth-order valence-corrected chi connectivity index (χ4v) is 6.22. The molecule has 1 atom stereocenters. The molecule has 3 heterocycles. The van der Waals surface area contributed by atoms with E-state index in [0.717, 1.165) is 50.7 Å². The van der Waals surface area contributed by atoms with Gasteiger partial charge in [0.15, 0.2) is 5.16 Å². The minimum Gasteiger partial charge on any atom is -0.497 e. The van der Waals surface area contributed by atoms with Gasteiger partial charge in [-0.25, -0.2) is 4.98 Å². The lowest BCUT2D eigenvalue weighted by Crippen LogP contribution is -2.34. The Morgan fingerprint density at radius 2 is 1.94 bits per heavy atom. The maximum Gasteiger partial charge on any atom is 0.267 e. The first-order valence-electron chi connectivity index (χ1n) is 11.0.